The van der Waals surface area contributed by atoms with Gasteiger partial charge in [-0.1, -0.05) is 0 Å². The van der Waals surface area contributed by atoms with E-state index in [9.17, 15) is 0 Å². The molecule has 0 amide bonds. The average molecular weight is 272 g/mol. The third-order valence-electron chi connectivity index (χ3n) is 3.09. The highest BCUT2D eigenvalue weighted by molar-refractivity contribution is 6.28. The second-order valence-corrected chi connectivity index (χ2v) is 5.05. The Bertz CT molecular complexity index is 414. The van der Waals surface area contributed by atoms with Gasteiger partial charge in [-0.25, -0.2) is 0 Å². The Hall–Kier alpha value is -1.14. The molecule has 0 radical (unpaired) electrons. The van der Waals surface area contributed by atoms with Crippen LogP contribution in [-0.2, 0) is 0 Å². The minimum atomic E-state index is 0.217. The third kappa shape index (κ3) is 3.00. The van der Waals surface area contributed by atoms with E-state index >= 15 is 0 Å². The number of halogens is 1. The molecule has 0 aliphatic carbocycles. The van der Waals surface area contributed by atoms with Crippen molar-refractivity contribution in [2.45, 2.75) is 12.8 Å². The zero-order chi connectivity index (χ0) is 13.1. The lowest BCUT2D eigenvalue weighted by Gasteiger charge is -2.18. The largest absolute Gasteiger partial charge is 0.396 e. The number of nitrogens with zero attached hydrogens (tertiary/aromatic N) is 5. The molecule has 1 fully saturated rings. The molecule has 1 aromatic heterocycles. The zero-order valence-corrected chi connectivity index (χ0v) is 11.4. The fourth-order valence-electron chi connectivity index (χ4n) is 2.10. The van der Waals surface area contributed by atoms with Gasteiger partial charge in [-0.05, 0) is 30.4 Å². The molecule has 0 spiro atoms. The molecule has 1 aliphatic rings. The summed E-state index contributed by atoms with van der Waals surface area (Å²) in [5.41, 5.74) is 0. The number of anilines is 2. The van der Waals surface area contributed by atoms with Gasteiger partial charge in [0.1, 0.15) is 0 Å². The predicted molar refractivity (Wildman–Crippen MR) is 71.2 cm³/mol. The van der Waals surface area contributed by atoms with Crippen molar-refractivity contribution in [3.05, 3.63) is 5.28 Å². The van der Waals surface area contributed by atoms with Crippen molar-refractivity contribution in [2.24, 2.45) is 5.92 Å². The quantitative estimate of drug-likeness (QED) is 0.874. The van der Waals surface area contributed by atoms with Crippen LogP contribution in [0.4, 0.5) is 11.9 Å². The van der Waals surface area contributed by atoms with E-state index in [1.54, 1.807) is 4.90 Å². The summed E-state index contributed by atoms with van der Waals surface area (Å²) < 4.78 is 0. The van der Waals surface area contributed by atoms with Crippen molar-refractivity contribution in [1.82, 2.24) is 15.0 Å². The summed E-state index contributed by atoms with van der Waals surface area (Å²) in [6.45, 7) is 2.01. The molecule has 2 heterocycles. The van der Waals surface area contributed by atoms with Gasteiger partial charge >= 0.3 is 0 Å². The van der Waals surface area contributed by atoms with Gasteiger partial charge in [-0.15, -0.1) is 0 Å². The van der Waals surface area contributed by atoms with E-state index in [-0.39, 0.29) is 11.9 Å². The summed E-state index contributed by atoms with van der Waals surface area (Å²) in [7, 11) is 3.74. The van der Waals surface area contributed by atoms with Crippen LogP contribution in [0.3, 0.4) is 0 Å². The molecule has 6 nitrogen and oxygen atoms in total. The molecule has 18 heavy (non-hydrogen) atoms. The van der Waals surface area contributed by atoms with Gasteiger partial charge in [0.2, 0.25) is 17.2 Å². The minimum Gasteiger partial charge on any atom is -0.396 e. The average Bonchev–Trinajstić information content (AvgIpc) is 2.77. The first-order valence-corrected chi connectivity index (χ1v) is 6.42. The molecule has 1 aromatic rings. The molecule has 7 heteroatoms. The summed E-state index contributed by atoms with van der Waals surface area (Å²) in [5.74, 6) is 1.70. The maximum atomic E-state index is 8.96. The molecule has 1 unspecified atom stereocenters. The molecule has 0 aromatic carbocycles. The van der Waals surface area contributed by atoms with Crippen LogP contribution in [0.1, 0.15) is 12.8 Å². The molecule has 1 N–H and O–H groups in total. The molecule has 2 rings (SSSR count). The lowest BCUT2D eigenvalue weighted by Crippen LogP contribution is -2.24. The Kier molecular flexibility index (Phi) is 4.19. The topological polar surface area (TPSA) is 65.4 Å². The lowest BCUT2D eigenvalue weighted by atomic mass is 10.1. The normalized spacial score (nSPS) is 19.3. The Morgan fingerprint density at radius 2 is 2.17 bits per heavy atom. The number of aliphatic hydroxyl groups is 1. The van der Waals surface area contributed by atoms with E-state index in [4.69, 9.17) is 16.7 Å². The van der Waals surface area contributed by atoms with Crippen LogP contribution in [0.25, 0.3) is 0 Å². The van der Waals surface area contributed by atoms with E-state index in [0.717, 1.165) is 25.9 Å². The highest BCUT2D eigenvalue weighted by Gasteiger charge is 2.24. The number of hydrogen-bond donors (Lipinski definition) is 1. The summed E-state index contributed by atoms with van der Waals surface area (Å²) in [6, 6.07) is 0. The van der Waals surface area contributed by atoms with Gasteiger partial charge in [0.05, 0.1) is 0 Å². The van der Waals surface area contributed by atoms with Crippen LogP contribution in [0.5, 0.6) is 0 Å². The Labute approximate surface area is 112 Å². The second kappa shape index (κ2) is 5.67. The zero-order valence-electron chi connectivity index (χ0n) is 10.7. The van der Waals surface area contributed by atoms with Crippen molar-refractivity contribution < 1.29 is 5.11 Å². The fraction of sp³-hybridized carbons (Fsp3) is 0.727. The fourth-order valence-corrected chi connectivity index (χ4v) is 2.25. The molecule has 0 bridgehead atoms. The third-order valence-corrected chi connectivity index (χ3v) is 3.26. The summed E-state index contributed by atoms with van der Waals surface area (Å²) in [6.07, 6.45) is 1.89. The van der Waals surface area contributed by atoms with E-state index in [1.165, 1.54) is 0 Å². The molecule has 1 saturated heterocycles. The van der Waals surface area contributed by atoms with Crippen LogP contribution in [-0.4, -0.2) is 53.9 Å². The first kappa shape index (κ1) is 13.3. The smallest absolute Gasteiger partial charge is 0.231 e. The predicted octanol–water partition coefficient (Wildman–Crippen LogP) is 0.800. The first-order valence-electron chi connectivity index (χ1n) is 6.05. The second-order valence-electron chi connectivity index (χ2n) is 4.71. The van der Waals surface area contributed by atoms with Gasteiger partial charge in [0, 0.05) is 33.8 Å². The van der Waals surface area contributed by atoms with Crippen molar-refractivity contribution in [1.29, 1.82) is 0 Å². The van der Waals surface area contributed by atoms with Gasteiger partial charge in [-0.2, -0.15) is 15.0 Å². The van der Waals surface area contributed by atoms with Crippen LogP contribution >= 0.6 is 11.6 Å². The maximum absolute atomic E-state index is 8.96. The monoisotopic (exact) mass is 271 g/mol. The molecule has 1 aliphatic heterocycles. The number of hydrogen-bond acceptors (Lipinski definition) is 6. The summed E-state index contributed by atoms with van der Waals surface area (Å²) >= 11 is 5.91. The Balaban J connectivity index is 2.14. The molecule has 1 atom stereocenters. The first-order chi connectivity index (χ1) is 8.60. The van der Waals surface area contributed by atoms with E-state index in [1.807, 2.05) is 14.1 Å². The SMILES string of the molecule is CN(C)c1nc(Cl)nc(N2CCC(CCO)C2)n1. The van der Waals surface area contributed by atoms with Gasteiger partial charge < -0.3 is 14.9 Å². The molecule has 0 saturated carbocycles. The van der Waals surface area contributed by atoms with Crippen LogP contribution in [0.15, 0.2) is 0 Å². The summed E-state index contributed by atoms with van der Waals surface area (Å²) in [4.78, 5) is 16.5. The van der Waals surface area contributed by atoms with Gasteiger partial charge in [0.25, 0.3) is 0 Å². The summed E-state index contributed by atoms with van der Waals surface area (Å²) in [5, 5.41) is 9.17. The minimum absolute atomic E-state index is 0.217. The molecule has 100 valence electrons. The standard InChI is InChI=1S/C11H18ClN5O/c1-16(2)10-13-9(12)14-11(15-10)17-5-3-8(7-17)4-6-18/h8,18H,3-7H2,1-2H3. The van der Waals surface area contributed by atoms with E-state index < -0.39 is 0 Å². The van der Waals surface area contributed by atoms with Crippen molar-refractivity contribution in [2.75, 3.05) is 43.6 Å². The van der Waals surface area contributed by atoms with E-state index in [0.29, 0.717) is 17.8 Å². The van der Waals surface area contributed by atoms with Crippen LogP contribution < -0.4 is 9.80 Å². The molecular weight excluding hydrogens is 254 g/mol. The Morgan fingerprint density at radius 3 is 2.83 bits per heavy atom. The number of aliphatic hydroxyl groups excluding tert-OH is 1. The molecular formula is C11H18ClN5O. The van der Waals surface area contributed by atoms with Gasteiger partial charge in [0.15, 0.2) is 0 Å². The van der Waals surface area contributed by atoms with Gasteiger partial charge in [-0.3, -0.25) is 0 Å². The highest BCUT2D eigenvalue weighted by atomic mass is 35.5. The van der Waals surface area contributed by atoms with Crippen LogP contribution in [0, 0.1) is 5.92 Å². The van der Waals surface area contributed by atoms with Crippen molar-refractivity contribution in [3.8, 4) is 0 Å². The van der Waals surface area contributed by atoms with Crippen molar-refractivity contribution in [3.63, 3.8) is 0 Å². The van der Waals surface area contributed by atoms with E-state index in [2.05, 4.69) is 19.9 Å². The Morgan fingerprint density at radius 1 is 1.39 bits per heavy atom. The lowest BCUT2D eigenvalue weighted by molar-refractivity contribution is 0.263. The number of aromatic nitrogens is 3. The number of rotatable bonds is 4. The van der Waals surface area contributed by atoms with Crippen LogP contribution in [0.2, 0.25) is 5.28 Å². The van der Waals surface area contributed by atoms with Crippen molar-refractivity contribution >= 4 is 23.5 Å². The maximum Gasteiger partial charge on any atom is 0.231 e. The highest BCUT2D eigenvalue weighted by Crippen LogP contribution is 2.24.